The fourth-order valence-electron chi connectivity index (χ4n) is 3.57. The van der Waals surface area contributed by atoms with Crippen molar-refractivity contribution in [3.05, 3.63) is 82.8 Å². The number of amides is 2. The first-order valence-electron chi connectivity index (χ1n) is 9.63. The van der Waals surface area contributed by atoms with Gasteiger partial charge in [0, 0.05) is 17.6 Å². The third-order valence-corrected chi connectivity index (χ3v) is 5.41. The highest BCUT2D eigenvalue weighted by atomic mass is 32.1. The van der Waals surface area contributed by atoms with Crippen molar-refractivity contribution in [2.24, 2.45) is 0 Å². The Hall–Kier alpha value is -4.11. The van der Waals surface area contributed by atoms with Crippen molar-refractivity contribution in [1.82, 2.24) is 14.9 Å². The molecule has 2 amide bonds. The molecule has 160 valence electrons. The maximum absolute atomic E-state index is 13.2. The van der Waals surface area contributed by atoms with Gasteiger partial charge in [0.15, 0.2) is 5.11 Å². The summed E-state index contributed by atoms with van der Waals surface area (Å²) in [6.45, 7) is 3.80. The average Bonchev–Trinajstić information content (AvgIpc) is 3.04. The molecule has 4 rings (SSSR count). The van der Waals surface area contributed by atoms with E-state index in [4.69, 9.17) is 17.3 Å². The van der Waals surface area contributed by atoms with Crippen LogP contribution in [-0.4, -0.2) is 37.6 Å². The molecular weight excluding hydrogens is 428 g/mol. The average molecular weight is 446 g/mol. The first kappa shape index (κ1) is 21.1. The Kier molecular flexibility index (Phi) is 5.41. The molecule has 0 spiro atoms. The highest BCUT2D eigenvalue weighted by molar-refractivity contribution is 7.80. The topological polar surface area (TPSA) is 105 Å². The number of carboxylic acids is 1. The minimum Gasteiger partial charge on any atom is -0.478 e. The Morgan fingerprint density at radius 2 is 1.84 bits per heavy atom. The van der Waals surface area contributed by atoms with E-state index in [9.17, 15) is 14.4 Å². The van der Waals surface area contributed by atoms with Gasteiger partial charge in [-0.25, -0.2) is 9.78 Å². The van der Waals surface area contributed by atoms with Crippen LogP contribution in [0.15, 0.2) is 60.3 Å². The van der Waals surface area contributed by atoms with Crippen molar-refractivity contribution in [1.29, 1.82) is 0 Å². The van der Waals surface area contributed by atoms with Gasteiger partial charge in [0.25, 0.3) is 11.8 Å². The second-order valence-corrected chi connectivity index (χ2v) is 7.55. The maximum Gasteiger partial charge on any atom is 0.335 e. The lowest BCUT2D eigenvalue weighted by Crippen LogP contribution is -2.54. The number of thiocarbonyl (C=S) groups is 1. The first-order valence-corrected chi connectivity index (χ1v) is 10.0. The van der Waals surface area contributed by atoms with Gasteiger partial charge in [-0.15, -0.1) is 0 Å². The Morgan fingerprint density at radius 1 is 1.12 bits per heavy atom. The summed E-state index contributed by atoms with van der Waals surface area (Å²) in [5.41, 5.74) is 2.76. The molecule has 9 heteroatoms. The number of hydrogen-bond acceptors (Lipinski definition) is 5. The van der Waals surface area contributed by atoms with E-state index in [0.717, 1.165) is 17.2 Å². The summed E-state index contributed by atoms with van der Waals surface area (Å²) in [5, 5.41) is 11.5. The number of aromatic carboxylic acids is 1. The molecule has 0 radical (unpaired) electrons. The third kappa shape index (κ3) is 3.69. The monoisotopic (exact) mass is 446 g/mol. The molecule has 1 aliphatic rings. The molecule has 1 aliphatic heterocycles. The van der Waals surface area contributed by atoms with Gasteiger partial charge in [-0.2, -0.15) is 0 Å². The molecule has 1 saturated heterocycles. The van der Waals surface area contributed by atoms with Crippen LogP contribution >= 0.6 is 12.2 Å². The molecular formula is C23H18N4O4S. The zero-order valence-corrected chi connectivity index (χ0v) is 18.0. The number of aryl methyl sites for hydroxylation is 1. The molecule has 1 aromatic carbocycles. The molecule has 3 heterocycles. The molecule has 2 aromatic heterocycles. The molecule has 0 aliphatic carbocycles. The number of carboxylic acid groups (broad SMARTS) is 1. The fraction of sp³-hybridized carbons (Fsp3) is 0.0870. The lowest BCUT2D eigenvalue weighted by atomic mass is 10.1. The SMILES string of the molecule is Cc1cc(/C=C2\C(=O)NC(=S)N(c3ccc(C(=O)O)cc3)C2=O)c(C)n1-c1ccccn1. The van der Waals surface area contributed by atoms with Crippen molar-refractivity contribution in [2.45, 2.75) is 13.8 Å². The first-order chi connectivity index (χ1) is 15.3. The van der Waals surface area contributed by atoms with Crippen molar-refractivity contribution in [3.63, 3.8) is 0 Å². The molecule has 0 atom stereocenters. The number of aromatic nitrogens is 2. The van der Waals surface area contributed by atoms with Crippen LogP contribution < -0.4 is 10.2 Å². The van der Waals surface area contributed by atoms with E-state index in [1.165, 1.54) is 35.2 Å². The summed E-state index contributed by atoms with van der Waals surface area (Å²) in [6, 6.07) is 13.1. The zero-order valence-electron chi connectivity index (χ0n) is 17.2. The van der Waals surface area contributed by atoms with Crippen molar-refractivity contribution in [3.8, 4) is 5.82 Å². The van der Waals surface area contributed by atoms with E-state index in [1.54, 1.807) is 6.20 Å². The van der Waals surface area contributed by atoms with E-state index in [0.29, 0.717) is 11.3 Å². The second kappa shape index (κ2) is 8.20. The number of carbonyl (C=O) groups is 3. The molecule has 8 nitrogen and oxygen atoms in total. The van der Waals surface area contributed by atoms with Crippen LogP contribution in [0.1, 0.15) is 27.3 Å². The molecule has 0 saturated carbocycles. The number of hydrogen-bond donors (Lipinski definition) is 2. The lowest BCUT2D eigenvalue weighted by Gasteiger charge is -2.29. The van der Waals surface area contributed by atoms with Gasteiger partial charge in [0.05, 0.1) is 11.3 Å². The van der Waals surface area contributed by atoms with Gasteiger partial charge in [-0.1, -0.05) is 6.07 Å². The molecule has 0 bridgehead atoms. The molecule has 0 unspecified atom stereocenters. The summed E-state index contributed by atoms with van der Waals surface area (Å²) in [6.07, 6.45) is 3.22. The van der Waals surface area contributed by atoms with Crippen molar-refractivity contribution < 1.29 is 19.5 Å². The molecule has 3 aromatic rings. The summed E-state index contributed by atoms with van der Waals surface area (Å²) < 4.78 is 1.94. The highest BCUT2D eigenvalue weighted by Crippen LogP contribution is 2.25. The van der Waals surface area contributed by atoms with E-state index in [2.05, 4.69) is 10.3 Å². The number of carbonyl (C=O) groups excluding carboxylic acids is 2. The predicted molar refractivity (Wildman–Crippen MR) is 123 cm³/mol. The quantitative estimate of drug-likeness (QED) is 0.363. The standard InChI is InChI=1S/C23H18N4O4S/c1-13-11-16(14(2)26(13)19-5-3-4-10-24-19)12-18-20(28)25-23(32)27(21(18)29)17-8-6-15(7-9-17)22(30)31/h3-12H,1-2H3,(H,30,31)(H,25,28,32)/b18-12+. The van der Waals surface area contributed by atoms with Crippen LogP contribution in [0.25, 0.3) is 11.9 Å². The number of rotatable bonds is 4. The molecule has 1 fully saturated rings. The van der Waals surface area contributed by atoms with Crippen LogP contribution in [0.3, 0.4) is 0 Å². The number of anilines is 1. The van der Waals surface area contributed by atoms with Crippen molar-refractivity contribution >= 4 is 46.9 Å². The van der Waals surface area contributed by atoms with Crippen LogP contribution in [0.4, 0.5) is 5.69 Å². The second-order valence-electron chi connectivity index (χ2n) is 7.16. The van der Waals surface area contributed by atoms with Gasteiger partial charge >= 0.3 is 5.97 Å². The van der Waals surface area contributed by atoms with Gasteiger partial charge in [-0.05, 0) is 80.2 Å². The molecule has 32 heavy (non-hydrogen) atoms. The Balaban J connectivity index is 1.73. The van der Waals surface area contributed by atoms with E-state index < -0.39 is 17.8 Å². The zero-order chi connectivity index (χ0) is 23.0. The van der Waals surface area contributed by atoms with Gasteiger partial charge in [0.2, 0.25) is 0 Å². The third-order valence-electron chi connectivity index (χ3n) is 5.12. The Labute approximate surface area is 188 Å². The fourth-order valence-corrected chi connectivity index (χ4v) is 3.85. The largest absolute Gasteiger partial charge is 0.478 e. The lowest BCUT2D eigenvalue weighted by molar-refractivity contribution is -0.122. The Bertz CT molecular complexity index is 1290. The van der Waals surface area contributed by atoms with E-state index >= 15 is 0 Å². The number of benzene rings is 1. The number of nitrogens with one attached hydrogen (secondary N) is 1. The summed E-state index contributed by atoms with van der Waals surface area (Å²) in [5.74, 6) is -1.54. The van der Waals surface area contributed by atoms with Gasteiger partial charge in [-0.3, -0.25) is 19.8 Å². The Morgan fingerprint density at radius 3 is 2.47 bits per heavy atom. The number of pyridine rings is 1. The van der Waals surface area contributed by atoms with E-state index in [1.807, 2.05) is 42.7 Å². The summed E-state index contributed by atoms with van der Waals surface area (Å²) in [4.78, 5) is 42.5. The van der Waals surface area contributed by atoms with Crippen LogP contribution in [-0.2, 0) is 9.59 Å². The van der Waals surface area contributed by atoms with Gasteiger partial charge in [0.1, 0.15) is 11.4 Å². The van der Waals surface area contributed by atoms with Gasteiger partial charge < -0.3 is 9.67 Å². The van der Waals surface area contributed by atoms with Crippen LogP contribution in [0.5, 0.6) is 0 Å². The van der Waals surface area contributed by atoms with Crippen LogP contribution in [0, 0.1) is 13.8 Å². The minimum absolute atomic E-state index is 0.0702. The van der Waals surface area contributed by atoms with Crippen molar-refractivity contribution in [2.75, 3.05) is 4.90 Å². The highest BCUT2D eigenvalue weighted by Gasteiger charge is 2.34. The van der Waals surface area contributed by atoms with Crippen LogP contribution in [0.2, 0.25) is 0 Å². The normalized spacial score (nSPS) is 15.2. The molecule has 2 N–H and O–H groups in total. The summed E-state index contributed by atoms with van der Waals surface area (Å²) >= 11 is 5.20. The maximum atomic E-state index is 13.2. The summed E-state index contributed by atoms with van der Waals surface area (Å²) in [7, 11) is 0. The van der Waals surface area contributed by atoms with E-state index in [-0.39, 0.29) is 16.2 Å². The number of nitrogens with zero attached hydrogens (tertiary/aromatic N) is 3. The smallest absolute Gasteiger partial charge is 0.335 e. The predicted octanol–water partition coefficient (Wildman–Crippen LogP) is 3.02. The minimum atomic E-state index is -1.08.